The Labute approximate surface area is 129 Å². The van der Waals surface area contributed by atoms with Gasteiger partial charge in [-0.2, -0.15) is 0 Å². The Bertz CT molecular complexity index is 574. The molecule has 2 atom stereocenters. The zero-order valence-electron chi connectivity index (χ0n) is 11.6. The molecule has 1 heterocycles. The van der Waals surface area contributed by atoms with Crippen molar-refractivity contribution in [1.29, 1.82) is 0 Å². The molecule has 2 N–H and O–H groups in total. The molecule has 0 unspecified atom stereocenters. The van der Waals surface area contributed by atoms with Gasteiger partial charge in [0.1, 0.15) is 0 Å². The lowest BCUT2D eigenvalue weighted by atomic mass is 10.1. The fraction of sp³-hybridized carbons (Fsp3) is 0.500. The second-order valence-corrected chi connectivity index (χ2v) is 8.37. The highest BCUT2D eigenvalue weighted by Crippen LogP contribution is 2.18. The van der Waals surface area contributed by atoms with Gasteiger partial charge < -0.3 is 10.4 Å². The van der Waals surface area contributed by atoms with Gasteiger partial charge in [-0.15, -0.1) is 11.8 Å². The van der Waals surface area contributed by atoms with Crippen molar-refractivity contribution in [3.8, 4) is 0 Å². The average Bonchev–Trinajstić information content (AvgIpc) is 2.78. The first-order chi connectivity index (χ1) is 9.96. The number of sulfone groups is 1. The van der Waals surface area contributed by atoms with Crippen LogP contribution in [0.3, 0.4) is 0 Å². The van der Waals surface area contributed by atoms with E-state index in [4.69, 9.17) is 0 Å². The van der Waals surface area contributed by atoms with Crippen molar-refractivity contribution in [3.05, 3.63) is 35.9 Å². The second kappa shape index (κ2) is 7.29. The fourth-order valence-corrected chi connectivity index (χ4v) is 4.69. The molecule has 0 bridgehead atoms. The van der Waals surface area contributed by atoms with E-state index in [0.29, 0.717) is 12.2 Å². The Morgan fingerprint density at radius 3 is 2.71 bits per heavy atom. The zero-order chi connectivity index (χ0) is 15.3. The molecule has 2 rings (SSSR count). The maximum absolute atomic E-state index is 11.7. The summed E-state index contributed by atoms with van der Waals surface area (Å²) in [7, 11) is -2.97. The average molecular weight is 329 g/mol. The van der Waals surface area contributed by atoms with Crippen molar-refractivity contribution in [1.82, 2.24) is 5.32 Å². The van der Waals surface area contributed by atoms with Crippen LogP contribution in [0.4, 0.5) is 0 Å². The van der Waals surface area contributed by atoms with Gasteiger partial charge in [0.2, 0.25) is 5.91 Å². The first-order valence-electron chi connectivity index (χ1n) is 6.77. The summed E-state index contributed by atoms with van der Waals surface area (Å²) in [4.78, 5) is 11.7. The van der Waals surface area contributed by atoms with Crippen LogP contribution in [0.5, 0.6) is 0 Å². The van der Waals surface area contributed by atoms with E-state index in [1.54, 1.807) is 0 Å². The molecule has 1 fully saturated rings. The van der Waals surface area contributed by atoms with Gasteiger partial charge in [0.25, 0.3) is 0 Å². The quantitative estimate of drug-likeness (QED) is 0.805. The van der Waals surface area contributed by atoms with Crippen LogP contribution < -0.4 is 5.32 Å². The molecule has 21 heavy (non-hydrogen) atoms. The monoisotopic (exact) mass is 329 g/mol. The van der Waals surface area contributed by atoms with E-state index in [1.807, 2.05) is 30.3 Å². The van der Waals surface area contributed by atoms with Gasteiger partial charge in [-0.3, -0.25) is 4.79 Å². The number of amides is 1. The van der Waals surface area contributed by atoms with Crippen LogP contribution in [0, 0.1) is 0 Å². The van der Waals surface area contributed by atoms with E-state index in [2.05, 4.69) is 5.32 Å². The van der Waals surface area contributed by atoms with Gasteiger partial charge in [0.05, 0.1) is 23.4 Å². The number of thioether (sulfide) groups is 1. The summed E-state index contributed by atoms with van der Waals surface area (Å²) in [5.74, 6) is 0.664. The van der Waals surface area contributed by atoms with Crippen LogP contribution in [0.15, 0.2) is 30.3 Å². The number of carbonyl (C=O) groups excluding carboxylic acids is 1. The van der Waals surface area contributed by atoms with E-state index in [9.17, 15) is 18.3 Å². The maximum atomic E-state index is 11.7. The number of aliphatic hydroxyl groups excluding tert-OH is 1. The number of hydrogen-bond donors (Lipinski definition) is 2. The first kappa shape index (κ1) is 16.3. The third kappa shape index (κ3) is 5.33. The molecule has 1 aliphatic heterocycles. The summed E-state index contributed by atoms with van der Waals surface area (Å²) in [5.41, 5.74) is 0.826. The Morgan fingerprint density at radius 1 is 1.38 bits per heavy atom. The highest BCUT2D eigenvalue weighted by Gasteiger charge is 2.28. The zero-order valence-corrected chi connectivity index (χ0v) is 13.2. The number of benzene rings is 1. The van der Waals surface area contributed by atoms with Gasteiger partial charge in [-0.05, 0) is 12.0 Å². The van der Waals surface area contributed by atoms with E-state index < -0.39 is 15.9 Å². The number of carbonyl (C=O) groups is 1. The third-order valence-electron chi connectivity index (χ3n) is 3.29. The van der Waals surface area contributed by atoms with E-state index in [-0.39, 0.29) is 29.2 Å². The summed E-state index contributed by atoms with van der Waals surface area (Å²) in [6.45, 7) is 0. The standard InChI is InChI=1S/C14H19NO4S2/c16-13(11-4-2-1-3-5-11)8-20-9-14(17)15-12-6-7-21(18,19)10-12/h1-5,12-13,16H,6-10H2,(H,15,17)/t12-,13-/m0/s1. The Morgan fingerprint density at radius 2 is 2.10 bits per heavy atom. The van der Waals surface area contributed by atoms with E-state index >= 15 is 0 Å². The van der Waals surface area contributed by atoms with Gasteiger partial charge >= 0.3 is 0 Å². The lowest BCUT2D eigenvalue weighted by Gasteiger charge is -2.12. The van der Waals surface area contributed by atoms with Crippen molar-refractivity contribution >= 4 is 27.5 Å². The minimum atomic E-state index is -2.97. The molecule has 0 radical (unpaired) electrons. The molecule has 7 heteroatoms. The summed E-state index contributed by atoms with van der Waals surface area (Å²) >= 11 is 1.34. The molecule has 0 spiro atoms. The molecule has 5 nitrogen and oxygen atoms in total. The Hall–Kier alpha value is -1.05. The molecule has 1 amide bonds. The van der Waals surface area contributed by atoms with Crippen molar-refractivity contribution in [2.75, 3.05) is 23.0 Å². The van der Waals surface area contributed by atoms with Gasteiger partial charge in [-0.1, -0.05) is 30.3 Å². The summed E-state index contributed by atoms with van der Waals surface area (Å²) < 4.78 is 22.6. The molecule has 1 aromatic rings. The van der Waals surface area contributed by atoms with Crippen LogP contribution in [0.1, 0.15) is 18.1 Å². The number of rotatable bonds is 6. The number of nitrogens with one attached hydrogen (secondary N) is 1. The predicted octanol–water partition coefficient (Wildman–Crippen LogP) is 0.757. The smallest absolute Gasteiger partial charge is 0.230 e. The Kier molecular flexibility index (Phi) is 5.66. The topological polar surface area (TPSA) is 83.5 Å². The van der Waals surface area contributed by atoms with Gasteiger partial charge in [0.15, 0.2) is 9.84 Å². The van der Waals surface area contributed by atoms with Crippen LogP contribution in [0.2, 0.25) is 0 Å². The SMILES string of the molecule is O=C(CSC[C@H](O)c1ccccc1)N[C@H]1CCS(=O)(=O)C1. The molecule has 0 aromatic heterocycles. The van der Waals surface area contributed by atoms with Crippen LogP contribution in [0.25, 0.3) is 0 Å². The van der Waals surface area contributed by atoms with Crippen molar-refractivity contribution in [3.63, 3.8) is 0 Å². The van der Waals surface area contributed by atoms with Gasteiger partial charge in [0, 0.05) is 11.8 Å². The highest BCUT2D eigenvalue weighted by atomic mass is 32.2. The van der Waals surface area contributed by atoms with Crippen molar-refractivity contribution in [2.45, 2.75) is 18.6 Å². The lowest BCUT2D eigenvalue weighted by molar-refractivity contribution is -0.119. The van der Waals surface area contributed by atoms with Gasteiger partial charge in [-0.25, -0.2) is 8.42 Å². The van der Waals surface area contributed by atoms with Crippen LogP contribution >= 0.6 is 11.8 Å². The van der Waals surface area contributed by atoms with Crippen molar-refractivity contribution < 1.29 is 18.3 Å². The fourth-order valence-electron chi connectivity index (χ4n) is 2.21. The van der Waals surface area contributed by atoms with Crippen LogP contribution in [-0.4, -0.2) is 48.5 Å². The van der Waals surface area contributed by atoms with E-state index in [0.717, 1.165) is 5.56 Å². The molecular weight excluding hydrogens is 310 g/mol. The van der Waals surface area contributed by atoms with Crippen LogP contribution in [-0.2, 0) is 14.6 Å². The molecule has 0 saturated carbocycles. The summed E-state index contributed by atoms with van der Waals surface area (Å²) in [6, 6.07) is 9.02. The Balaban J connectivity index is 1.68. The maximum Gasteiger partial charge on any atom is 0.230 e. The molecular formula is C14H19NO4S2. The highest BCUT2D eigenvalue weighted by molar-refractivity contribution is 7.99. The summed E-state index contributed by atoms with van der Waals surface area (Å²) in [6.07, 6.45) is -0.110. The lowest BCUT2D eigenvalue weighted by Crippen LogP contribution is -2.36. The normalized spacial score (nSPS) is 21.9. The molecule has 1 saturated heterocycles. The van der Waals surface area contributed by atoms with E-state index in [1.165, 1.54) is 11.8 Å². The molecule has 1 aliphatic rings. The number of aliphatic hydroxyl groups is 1. The number of hydrogen-bond acceptors (Lipinski definition) is 5. The van der Waals surface area contributed by atoms with Crippen molar-refractivity contribution in [2.24, 2.45) is 0 Å². The second-order valence-electron chi connectivity index (χ2n) is 5.11. The summed E-state index contributed by atoms with van der Waals surface area (Å²) in [5, 5.41) is 12.7. The molecule has 116 valence electrons. The third-order valence-corrected chi connectivity index (χ3v) is 6.08. The first-order valence-corrected chi connectivity index (χ1v) is 9.74. The predicted molar refractivity (Wildman–Crippen MR) is 83.9 cm³/mol. The minimum absolute atomic E-state index is 0.0377. The molecule has 0 aliphatic carbocycles. The largest absolute Gasteiger partial charge is 0.388 e. The minimum Gasteiger partial charge on any atom is -0.388 e. The molecule has 1 aromatic carbocycles.